The van der Waals surface area contributed by atoms with Gasteiger partial charge in [0.05, 0.1) is 35.4 Å². The maximum absolute atomic E-state index is 13.0. The van der Waals surface area contributed by atoms with E-state index in [1.165, 1.54) is 28.4 Å². The van der Waals surface area contributed by atoms with E-state index in [4.69, 9.17) is 10.8 Å². The van der Waals surface area contributed by atoms with Crippen LogP contribution in [-0.4, -0.2) is 132 Å². The van der Waals surface area contributed by atoms with Crippen molar-refractivity contribution < 1.29 is 34.8 Å². The Kier molecular flexibility index (Phi) is 13.7. The molecule has 6 heterocycles. The first-order valence-corrected chi connectivity index (χ1v) is 27.2. The van der Waals surface area contributed by atoms with Crippen molar-refractivity contribution >= 4 is 17.8 Å². The molecule has 412 valence electrons. The topological polar surface area (TPSA) is 289 Å². The van der Waals surface area contributed by atoms with Gasteiger partial charge in [-0.3, -0.25) is 23.6 Å². The summed E-state index contributed by atoms with van der Waals surface area (Å²) in [5.41, 5.74) is 6.07. The normalized spacial score (nSPS) is 34.9. The van der Waals surface area contributed by atoms with E-state index in [0.29, 0.717) is 82.0 Å². The number of hydrogen-bond donors (Lipinski definition) is 7. The van der Waals surface area contributed by atoms with Gasteiger partial charge in [0.2, 0.25) is 0 Å². The van der Waals surface area contributed by atoms with Gasteiger partial charge in [-0.1, -0.05) is 7.43 Å². The number of rotatable bonds is 8. The fraction of sp³-hybridized carbons (Fsp3) is 0.618. The van der Waals surface area contributed by atoms with E-state index in [1.807, 2.05) is 38.6 Å². The Hall–Kier alpha value is -6.49. The molecule has 12 fully saturated rings. The summed E-state index contributed by atoms with van der Waals surface area (Å²) in [5.74, 6) is 5.51. The number of carboxylic acid groups (broad SMARTS) is 1. The number of nitrogens with one attached hydrogen (secondary N) is 2. The minimum atomic E-state index is -1.01. The van der Waals surface area contributed by atoms with Gasteiger partial charge in [-0.15, -0.1) is 0 Å². The molecule has 0 aromatic carbocycles. The maximum atomic E-state index is 13.0. The van der Waals surface area contributed by atoms with E-state index in [9.17, 15) is 29.7 Å². The maximum Gasteiger partial charge on any atom is 0.341 e. The minimum Gasteiger partial charge on any atom is -0.477 e. The molecule has 8 N–H and O–H groups in total. The number of hydrogen-bond acceptors (Lipinski definition) is 13. The van der Waals surface area contributed by atoms with Gasteiger partial charge in [0, 0.05) is 76.4 Å². The second-order valence-electron chi connectivity index (χ2n) is 24.3. The van der Waals surface area contributed by atoms with Crippen molar-refractivity contribution in [3.63, 3.8) is 0 Å². The zero-order valence-electron chi connectivity index (χ0n) is 43.4. The molecule has 6 atom stereocenters. The molecule has 12 saturated carbocycles. The first-order valence-electron chi connectivity index (χ1n) is 27.2. The van der Waals surface area contributed by atoms with Crippen molar-refractivity contribution in [3.05, 3.63) is 90.7 Å². The Morgan fingerprint density at radius 2 is 0.792 bits per heavy atom. The van der Waals surface area contributed by atoms with E-state index in [-0.39, 0.29) is 42.5 Å². The summed E-state index contributed by atoms with van der Waals surface area (Å²) < 4.78 is 9.61. The third-order valence-electron chi connectivity index (χ3n) is 19.0. The summed E-state index contributed by atoms with van der Waals surface area (Å²) in [7, 11) is 5.29. The third kappa shape index (κ3) is 9.94. The van der Waals surface area contributed by atoms with Crippen molar-refractivity contribution in [2.24, 2.45) is 80.1 Å². The van der Waals surface area contributed by atoms with E-state index < -0.39 is 17.2 Å². The highest BCUT2D eigenvalue weighted by Gasteiger charge is 2.57. The Balaban J connectivity index is 0.000000114. The molecule has 12 bridgehead atoms. The first-order chi connectivity index (χ1) is 36.4. The van der Waals surface area contributed by atoms with Crippen LogP contribution in [0.15, 0.2) is 74.0 Å². The standard InChI is InChI=1S/2C18H23N5O2.C10H17NO.C8H8N4O2.CH4/c2*1-22-17(23-4-2-3-19-23)14(10-20-22)16(24)21-15-12-5-11-6-13(15)9-18(25,7-11)8-12;11-9-7-1-6-2-8(9)5-10(12,3-6)4-7;1-11-7(12-4-2-3-9-12)6(5-10-11)8(13)14;/h2*2-4,10-13,15,25H,5-9H2,1H3,(H,21,24);6-9,12H,1-5,11H2;2-5H,1H3,(H,13,14);1H4. The number of amides is 2. The van der Waals surface area contributed by atoms with Gasteiger partial charge in [0.15, 0.2) is 17.5 Å². The van der Waals surface area contributed by atoms with Gasteiger partial charge in [-0.05, 0) is 168 Å². The van der Waals surface area contributed by atoms with Crippen LogP contribution in [0.25, 0.3) is 17.5 Å². The molecule has 0 spiro atoms. The lowest BCUT2D eigenvalue weighted by Gasteiger charge is -2.58. The molecule has 0 radical (unpaired) electrons. The number of nitrogens with two attached hydrogens (primary N) is 1. The number of aromatic nitrogens is 12. The second-order valence-corrected chi connectivity index (χ2v) is 24.3. The summed E-state index contributed by atoms with van der Waals surface area (Å²) >= 11 is 0. The summed E-state index contributed by atoms with van der Waals surface area (Å²) in [5, 5.41) is 71.8. The summed E-state index contributed by atoms with van der Waals surface area (Å²) in [4.78, 5) is 36.8. The van der Waals surface area contributed by atoms with Crippen LogP contribution in [0.4, 0.5) is 0 Å². The van der Waals surface area contributed by atoms with E-state index >= 15 is 0 Å². The molecule has 18 rings (SSSR count). The second kappa shape index (κ2) is 20.1. The zero-order chi connectivity index (χ0) is 52.8. The highest BCUT2D eigenvalue weighted by molar-refractivity contribution is 5.98. The summed E-state index contributed by atoms with van der Waals surface area (Å²) in [6.45, 7) is 0. The van der Waals surface area contributed by atoms with Crippen LogP contribution in [0.2, 0.25) is 0 Å². The quantitative estimate of drug-likeness (QED) is 0.111. The predicted molar refractivity (Wildman–Crippen MR) is 281 cm³/mol. The monoisotopic (exact) mass is 1060 g/mol. The molecule has 22 heteroatoms. The van der Waals surface area contributed by atoms with Gasteiger partial charge in [-0.25, -0.2) is 18.8 Å². The number of carbonyl (C=O) groups excluding carboxylic acids is 2. The van der Waals surface area contributed by atoms with Crippen LogP contribution in [0, 0.1) is 53.3 Å². The van der Waals surface area contributed by atoms with Crippen LogP contribution < -0.4 is 16.4 Å². The number of nitrogens with zero attached hydrogens (tertiary/aromatic N) is 12. The highest BCUT2D eigenvalue weighted by atomic mass is 16.4. The largest absolute Gasteiger partial charge is 0.477 e. The molecule has 77 heavy (non-hydrogen) atoms. The third-order valence-corrected chi connectivity index (χ3v) is 19.0. The number of aliphatic hydroxyl groups is 3. The van der Waals surface area contributed by atoms with Gasteiger partial charge < -0.3 is 36.8 Å². The van der Waals surface area contributed by atoms with Crippen LogP contribution in [0.3, 0.4) is 0 Å². The lowest BCUT2D eigenvalue weighted by molar-refractivity contribution is -0.137. The number of carboxylic acids is 1. The molecule has 12 aliphatic carbocycles. The highest BCUT2D eigenvalue weighted by Crippen LogP contribution is 2.58. The molecule has 6 aromatic heterocycles. The van der Waals surface area contributed by atoms with Crippen molar-refractivity contribution in [2.45, 2.75) is 139 Å². The Morgan fingerprint density at radius 1 is 0.494 bits per heavy atom. The van der Waals surface area contributed by atoms with Crippen LogP contribution in [0.1, 0.15) is 135 Å². The fourth-order valence-electron chi connectivity index (χ4n) is 16.7. The Morgan fingerprint density at radius 3 is 1.09 bits per heavy atom. The zero-order valence-corrected chi connectivity index (χ0v) is 43.4. The lowest BCUT2D eigenvalue weighted by Crippen LogP contribution is -2.61. The number of aromatic carboxylic acids is 1. The van der Waals surface area contributed by atoms with Gasteiger partial charge in [0.1, 0.15) is 16.7 Å². The average molecular weight is 1060 g/mol. The first kappa shape index (κ1) is 52.6. The smallest absolute Gasteiger partial charge is 0.341 e. The van der Waals surface area contributed by atoms with Crippen LogP contribution in [0.5, 0.6) is 0 Å². The van der Waals surface area contributed by atoms with Crippen molar-refractivity contribution in [3.8, 4) is 17.5 Å². The summed E-state index contributed by atoms with van der Waals surface area (Å²) in [6, 6.07) is 6.10. The van der Waals surface area contributed by atoms with Crippen molar-refractivity contribution in [1.29, 1.82) is 0 Å². The SMILES string of the molecule is C.Cn1ncc(C(=O)NC2C3CC4CC2CC(O)(C4)C3)c1-n1cccn1.Cn1ncc(C(=O)NC2C3CC4CC2CC(O)(C4)C3)c1-n1cccn1.Cn1ncc(C(=O)O)c1-n1cccn1.NC1C2CC3CC1CC(O)(C3)C2. The minimum absolute atomic E-state index is 0. The van der Waals surface area contributed by atoms with Gasteiger partial charge in [0.25, 0.3) is 11.8 Å². The van der Waals surface area contributed by atoms with Gasteiger partial charge in [-0.2, -0.15) is 30.6 Å². The van der Waals surface area contributed by atoms with Gasteiger partial charge >= 0.3 is 5.97 Å². The number of carbonyl (C=O) groups is 3. The molecular weight excluding hydrogens is 983 g/mol. The predicted octanol–water partition coefficient (Wildman–Crippen LogP) is 4.38. The Labute approximate surface area is 447 Å². The van der Waals surface area contributed by atoms with Crippen molar-refractivity contribution in [1.82, 2.24) is 69.3 Å². The van der Waals surface area contributed by atoms with Crippen LogP contribution >= 0.6 is 0 Å². The van der Waals surface area contributed by atoms with Crippen LogP contribution in [-0.2, 0) is 21.1 Å². The Bertz CT molecular complexity index is 2880. The van der Waals surface area contributed by atoms with E-state index in [1.54, 1.807) is 69.0 Å². The molecule has 0 aliphatic heterocycles. The molecule has 22 nitrogen and oxygen atoms in total. The molecular formula is C55H75N15O7. The molecule has 0 saturated heterocycles. The molecule has 6 unspecified atom stereocenters. The number of aryl methyl sites for hydroxylation is 3. The van der Waals surface area contributed by atoms with E-state index in [2.05, 4.69) is 41.2 Å². The summed E-state index contributed by atoms with van der Waals surface area (Å²) in [6.07, 6.45) is 30.1. The lowest BCUT2D eigenvalue weighted by atomic mass is 9.52. The molecule has 6 aromatic rings. The average Bonchev–Trinajstić information content (AvgIpc) is 4.31. The molecule has 12 aliphatic rings. The van der Waals surface area contributed by atoms with Crippen molar-refractivity contribution in [2.75, 3.05) is 0 Å². The van der Waals surface area contributed by atoms with E-state index in [0.717, 1.165) is 89.4 Å². The fourth-order valence-corrected chi connectivity index (χ4v) is 16.7. The molecule has 2 amide bonds.